The molecule has 0 spiro atoms. The van der Waals surface area contributed by atoms with Crippen LogP contribution < -0.4 is 0 Å². The van der Waals surface area contributed by atoms with Gasteiger partial charge >= 0.3 is 5.97 Å². The highest BCUT2D eigenvalue weighted by molar-refractivity contribution is 5.89. The Kier molecular flexibility index (Phi) is 4.75. The van der Waals surface area contributed by atoms with Crippen molar-refractivity contribution in [1.82, 2.24) is 0 Å². The van der Waals surface area contributed by atoms with Crippen LogP contribution in [-0.4, -0.2) is 34.0 Å². The number of esters is 1. The van der Waals surface area contributed by atoms with Crippen LogP contribution in [0.5, 0.6) is 0 Å². The van der Waals surface area contributed by atoms with Gasteiger partial charge in [-0.05, 0) is 12.1 Å². The molecule has 1 aromatic carbocycles. The summed E-state index contributed by atoms with van der Waals surface area (Å²) in [7, 11) is 0. The first-order chi connectivity index (χ1) is 8.45. The number of aliphatic hydroxyl groups is 2. The van der Waals surface area contributed by atoms with Crippen LogP contribution in [0.25, 0.3) is 0 Å². The Labute approximate surface area is 103 Å². The first-order valence-corrected chi connectivity index (χ1v) is 5.20. The van der Waals surface area contributed by atoms with Crippen LogP contribution in [0.15, 0.2) is 24.3 Å². The number of hydrogen-bond donors (Lipinski definition) is 2. The summed E-state index contributed by atoms with van der Waals surface area (Å²) in [4.78, 5) is 21.3. The molecule has 0 radical (unpaired) electrons. The lowest BCUT2D eigenvalue weighted by Crippen LogP contribution is -2.27. The van der Waals surface area contributed by atoms with E-state index in [1.54, 1.807) is 0 Å². The molecule has 7 heteroatoms. The highest BCUT2D eigenvalue weighted by atomic mass is 16.6. The SMILES string of the molecule is CC(CO)C(O)OC(=O)c1ccc([N+](=O)[O-])cc1. The van der Waals surface area contributed by atoms with E-state index in [0.29, 0.717) is 0 Å². The highest BCUT2D eigenvalue weighted by Crippen LogP contribution is 2.14. The number of aliphatic hydroxyl groups excluding tert-OH is 2. The first kappa shape index (κ1) is 14.1. The van der Waals surface area contributed by atoms with E-state index in [2.05, 4.69) is 4.74 Å². The van der Waals surface area contributed by atoms with Crippen molar-refractivity contribution in [1.29, 1.82) is 0 Å². The number of nitro groups is 1. The fraction of sp³-hybridized carbons (Fsp3) is 0.364. The Morgan fingerprint density at radius 3 is 2.44 bits per heavy atom. The van der Waals surface area contributed by atoms with Gasteiger partial charge in [0.1, 0.15) is 0 Å². The van der Waals surface area contributed by atoms with Crippen LogP contribution in [0.2, 0.25) is 0 Å². The molecule has 0 aliphatic carbocycles. The van der Waals surface area contributed by atoms with Crippen LogP contribution >= 0.6 is 0 Å². The van der Waals surface area contributed by atoms with Gasteiger partial charge in [-0.25, -0.2) is 4.79 Å². The summed E-state index contributed by atoms with van der Waals surface area (Å²) < 4.78 is 4.68. The van der Waals surface area contributed by atoms with E-state index in [1.165, 1.54) is 31.2 Å². The predicted molar refractivity (Wildman–Crippen MR) is 60.8 cm³/mol. The van der Waals surface area contributed by atoms with Crippen LogP contribution in [0.1, 0.15) is 17.3 Å². The van der Waals surface area contributed by atoms with Gasteiger partial charge in [0, 0.05) is 18.1 Å². The van der Waals surface area contributed by atoms with Crippen molar-refractivity contribution in [2.75, 3.05) is 6.61 Å². The fourth-order valence-electron chi connectivity index (χ4n) is 1.10. The van der Waals surface area contributed by atoms with Crippen molar-refractivity contribution >= 4 is 11.7 Å². The third-order valence-electron chi connectivity index (χ3n) is 2.32. The zero-order chi connectivity index (χ0) is 13.7. The lowest BCUT2D eigenvalue weighted by Gasteiger charge is -2.16. The lowest BCUT2D eigenvalue weighted by molar-refractivity contribution is -0.384. The highest BCUT2D eigenvalue weighted by Gasteiger charge is 2.19. The van der Waals surface area contributed by atoms with Gasteiger partial charge in [0.05, 0.1) is 17.1 Å². The molecule has 7 nitrogen and oxygen atoms in total. The van der Waals surface area contributed by atoms with Gasteiger partial charge < -0.3 is 14.9 Å². The van der Waals surface area contributed by atoms with Crippen LogP contribution in [-0.2, 0) is 4.74 Å². The molecule has 0 saturated carbocycles. The van der Waals surface area contributed by atoms with Crippen molar-refractivity contribution in [3.8, 4) is 0 Å². The third kappa shape index (κ3) is 3.51. The van der Waals surface area contributed by atoms with Crippen molar-refractivity contribution in [2.24, 2.45) is 5.92 Å². The Hall–Kier alpha value is -1.99. The normalized spacial score (nSPS) is 13.7. The molecule has 0 amide bonds. The van der Waals surface area contributed by atoms with Crippen LogP contribution in [0.3, 0.4) is 0 Å². The Bertz CT molecular complexity index is 430. The van der Waals surface area contributed by atoms with Crippen molar-refractivity contribution in [2.45, 2.75) is 13.2 Å². The molecule has 0 aromatic heterocycles. The maximum absolute atomic E-state index is 11.5. The molecule has 0 saturated heterocycles. The predicted octanol–water partition coefficient (Wildman–Crippen LogP) is 0.698. The molecular formula is C11H13NO6. The van der Waals surface area contributed by atoms with E-state index in [9.17, 15) is 20.0 Å². The maximum atomic E-state index is 11.5. The number of carbonyl (C=O) groups excluding carboxylic acids is 1. The second kappa shape index (κ2) is 6.08. The van der Waals surface area contributed by atoms with Gasteiger partial charge in [-0.15, -0.1) is 0 Å². The van der Waals surface area contributed by atoms with Crippen molar-refractivity contribution in [3.63, 3.8) is 0 Å². The van der Waals surface area contributed by atoms with Gasteiger partial charge in [-0.2, -0.15) is 0 Å². The second-order valence-corrected chi connectivity index (χ2v) is 3.76. The monoisotopic (exact) mass is 255 g/mol. The molecule has 2 N–H and O–H groups in total. The van der Waals surface area contributed by atoms with E-state index < -0.39 is 23.1 Å². The van der Waals surface area contributed by atoms with Gasteiger partial charge in [0.25, 0.3) is 5.69 Å². The minimum atomic E-state index is -1.42. The first-order valence-electron chi connectivity index (χ1n) is 5.20. The van der Waals surface area contributed by atoms with E-state index in [4.69, 9.17) is 5.11 Å². The van der Waals surface area contributed by atoms with Gasteiger partial charge in [-0.1, -0.05) is 6.92 Å². The number of ether oxygens (including phenoxy) is 1. The molecule has 0 aliphatic heterocycles. The molecule has 0 fully saturated rings. The number of carbonyl (C=O) groups is 1. The Balaban J connectivity index is 2.70. The topological polar surface area (TPSA) is 110 Å². The number of rotatable bonds is 5. The van der Waals surface area contributed by atoms with Crippen LogP contribution in [0, 0.1) is 16.0 Å². The number of benzene rings is 1. The molecule has 1 rings (SSSR count). The molecular weight excluding hydrogens is 242 g/mol. The van der Waals surface area contributed by atoms with Gasteiger partial charge in [0.15, 0.2) is 0 Å². The van der Waals surface area contributed by atoms with Crippen LogP contribution in [0.4, 0.5) is 5.69 Å². The lowest BCUT2D eigenvalue weighted by atomic mass is 10.2. The molecule has 2 atom stereocenters. The van der Waals surface area contributed by atoms with E-state index in [0.717, 1.165) is 0 Å². The summed E-state index contributed by atoms with van der Waals surface area (Å²) in [6.45, 7) is 1.18. The number of hydrogen-bond acceptors (Lipinski definition) is 6. The molecule has 2 unspecified atom stereocenters. The summed E-state index contributed by atoms with van der Waals surface area (Å²) in [6.07, 6.45) is -1.42. The Morgan fingerprint density at radius 2 is 2.00 bits per heavy atom. The minimum absolute atomic E-state index is 0.0878. The number of nitrogens with zero attached hydrogens (tertiary/aromatic N) is 1. The molecule has 1 aromatic rings. The molecule has 0 bridgehead atoms. The second-order valence-electron chi connectivity index (χ2n) is 3.76. The summed E-state index contributed by atoms with van der Waals surface area (Å²) in [5.41, 5.74) is -0.0550. The largest absolute Gasteiger partial charge is 0.432 e. The molecule has 18 heavy (non-hydrogen) atoms. The summed E-state index contributed by atoms with van der Waals surface area (Å²) in [5.74, 6) is -1.41. The van der Waals surface area contributed by atoms with Crippen molar-refractivity contribution < 1.29 is 24.7 Å². The average molecular weight is 255 g/mol. The summed E-state index contributed by atoms with van der Waals surface area (Å²) in [5, 5.41) is 28.6. The standard InChI is InChI=1S/C11H13NO6/c1-7(6-13)10(14)18-11(15)8-2-4-9(5-3-8)12(16)17/h2-5,7,10,13-14H,6H2,1H3. The Morgan fingerprint density at radius 1 is 1.44 bits per heavy atom. The summed E-state index contributed by atoms with van der Waals surface area (Å²) in [6, 6.07) is 4.80. The quantitative estimate of drug-likeness (QED) is 0.347. The zero-order valence-electron chi connectivity index (χ0n) is 9.65. The van der Waals surface area contributed by atoms with E-state index in [-0.39, 0.29) is 17.9 Å². The molecule has 0 heterocycles. The molecule has 98 valence electrons. The smallest absolute Gasteiger partial charge is 0.340 e. The minimum Gasteiger partial charge on any atom is -0.432 e. The van der Waals surface area contributed by atoms with E-state index >= 15 is 0 Å². The van der Waals surface area contributed by atoms with E-state index in [1.807, 2.05) is 0 Å². The third-order valence-corrected chi connectivity index (χ3v) is 2.32. The number of nitro benzene ring substituents is 1. The maximum Gasteiger partial charge on any atom is 0.340 e. The fourth-order valence-corrected chi connectivity index (χ4v) is 1.10. The zero-order valence-corrected chi connectivity index (χ0v) is 9.65. The molecule has 0 aliphatic rings. The van der Waals surface area contributed by atoms with Gasteiger partial charge in [-0.3, -0.25) is 10.1 Å². The van der Waals surface area contributed by atoms with Crippen molar-refractivity contribution in [3.05, 3.63) is 39.9 Å². The number of non-ortho nitro benzene ring substituents is 1. The average Bonchev–Trinajstić information content (AvgIpc) is 2.37. The summed E-state index contributed by atoms with van der Waals surface area (Å²) >= 11 is 0. The van der Waals surface area contributed by atoms with Gasteiger partial charge in [0.2, 0.25) is 6.29 Å².